The molecule has 0 spiro atoms. The van der Waals surface area contributed by atoms with Crippen molar-refractivity contribution in [3.05, 3.63) is 38.9 Å². The number of carbonyl (C=O) groups excluding carboxylic acids is 1. The lowest BCUT2D eigenvalue weighted by Gasteiger charge is -2.23. The van der Waals surface area contributed by atoms with E-state index in [9.17, 15) is 24.8 Å². The molecular formula is C12H13ClN2O5. The van der Waals surface area contributed by atoms with E-state index >= 15 is 0 Å². The van der Waals surface area contributed by atoms with Gasteiger partial charge in [0, 0.05) is 19.2 Å². The molecular weight excluding hydrogens is 288 g/mol. The molecule has 108 valence electrons. The second kappa shape index (κ2) is 5.87. The van der Waals surface area contributed by atoms with Crippen LogP contribution in [-0.4, -0.2) is 29.0 Å². The Hall–Kier alpha value is -2.15. The van der Waals surface area contributed by atoms with Crippen LogP contribution in [0.25, 0.3) is 0 Å². The second-order valence-corrected chi connectivity index (χ2v) is 4.83. The minimum atomic E-state index is -1.70. The molecule has 0 saturated carbocycles. The first kappa shape index (κ1) is 15.9. The highest BCUT2D eigenvalue weighted by Gasteiger charge is 2.41. The normalized spacial score (nSPS) is 13.3. The molecule has 2 N–H and O–H groups in total. The Labute approximate surface area is 119 Å². The average molecular weight is 301 g/mol. The molecule has 1 unspecified atom stereocenters. The standard InChI is InChI=1S/C12H13ClN2O5/c1-12(11(17)18,10(16)14-2)6-7-3-4-8(15(19)20)5-9(7)13/h3-5H,6H2,1-2H3,(H,14,16)(H,17,18). The van der Waals surface area contributed by atoms with Gasteiger partial charge >= 0.3 is 5.97 Å². The summed E-state index contributed by atoms with van der Waals surface area (Å²) in [5.74, 6) is -1.97. The van der Waals surface area contributed by atoms with Crippen LogP contribution < -0.4 is 5.32 Å². The van der Waals surface area contributed by atoms with Gasteiger partial charge in [-0.05, 0) is 18.9 Å². The zero-order valence-electron chi connectivity index (χ0n) is 10.8. The molecule has 20 heavy (non-hydrogen) atoms. The monoisotopic (exact) mass is 300 g/mol. The summed E-state index contributed by atoms with van der Waals surface area (Å²) in [6.45, 7) is 1.27. The van der Waals surface area contributed by atoms with Crippen molar-refractivity contribution >= 4 is 29.2 Å². The molecule has 0 aromatic heterocycles. The van der Waals surface area contributed by atoms with Gasteiger partial charge in [-0.1, -0.05) is 17.7 Å². The molecule has 7 nitrogen and oxygen atoms in total. The van der Waals surface area contributed by atoms with Gasteiger partial charge in [-0.15, -0.1) is 0 Å². The van der Waals surface area contributed by atoms with Gasteiger partial charge in [0.15, 0.2) is 0 Å². The number of hydrogen-bond donors (Lipinski definition) is 2. The molecule has 0 heterocycles. The van der Waals surface area contributed by atoms with Gasteiger partial charge in [0.25, 0.3) is 5.69 Å². The summed E-state index contributed by atoms with van der Waals surface area (Å²) in [6.07, 6.45) is -0.168. The van der Waals surface area contributed by atoms with Crippen LogP contribution in [0.5, 0.6) is 0 Å². The molecule has 1 aromatic carbocycles. The summed E-state index contributed by atoms with van der Waals surface area (Å²) in [6, 6.07) is 3.70. The molecule has 1 aromatic rings. The predicted octanol–water partition coefficient (Wildman–Crippen LogP) is 1.63. The minimum Gasteiger partial charge on any atom is -0.480 e. The van der Waals surface area contributed by atoms with E-state index in [1.807, 2.05) is 0 Å². The van der Waals surface area contributed by atoms with Gasteiger partial charge in [-0.2, -0.15) is 0 Å². The molecule has 0 radical (unpaired) electrons. The van der Waals surface area contributed by atoms with Crippen LogP contribution in [0, 0.1) is 15.5 Å². The molecule has 1 amide bonds. The van der Waals surface area contributed by atoms with Gasteiger partial charge in [-0.25, -0.2) is 0 Å². The van der Waals surface area contributed by atoms with E-state index in [2.05, 4.69) is 5.32 Å². The Balaban J connectivity index is 3.16. The van der Waals surface area contributed by atoms with E-state index in [-0.39, 0.29) is 17.1 Å². The van der Waals surface area contributed by atoms with Gasteiger partial charge in [0.05, 0.1) is 9.95 Å². The fourth-order valence-corrected chi connectivity index (χ4v) is 1.94. The summed E-state index contributed by atoms with van der Waals surface area (Å²) >= 11 is 5.90. The number of nitro benzene ring substituents is 1. The molecule has 1 atom stereocenters. The number of non-ortho nitro benzene ring substituents is 1. The van der Waals surface area contributed by atoms with Crippen molar-refractivity contribution in [2.75, 3.05) is 7.05 Å². The molecule has 0 saturated heterocycles. The number of nitro groups is 1. The highest BCUT2D eigenvalue weighted by molar-refractivity contribution is 6.31. The van der Waals surface area contributed by atoms with Crippen molar-refractivity contribution in [2.45, 2.75) is 13.3 Å². The van der Waals surface area contributed by atoms with Crippen molar-refractivity contribution in [3.63, 3.8) is 0 Å². The van der Waals surface area contributed by atoms with Gasteiger partial charge < -0.3 is 10.4 Å². The summed E-state index contributed by atoms with van der Waals surface area (Å²) in [5.41, 5.74) is -1.55. The Morgan fingerprint density at radius 1 is 1.50 bits per heavy atom. The molecule has 1 rings (SSSR count). The van der Waals surface area contributed by atoms with Crippen molar-refractivity contribution in [2.24, 2.45) is 5.41 Å². The molecule has 0 aliphatic rings. The first-order valence-corrected chi connectivity index (χ1v) is 5.98. The molecule has 0 fully saturated rings. The zero-order chi connectivity index (χ0) is 15.5. The topological polar surface area (TPSA) is 110 Å². The Kier molecular flexibility index (Phi) is 4.67. The largest absolute Gasteiger partial charge is 0.480 e. The quantitative estimate of drug-likeness (QED) is 0.488. The number of carboxylic acids is 1. The number of amides is 1. The van der Waals surface area contributed by atoms with Crippen LogP contribution in [0.1, 0.15) is 12.5 Å². The third-order valence-corrected chi connectivity index (χ3v) is 3.34. The fraction of sp³-hybridized carbons (Fsp3) is 0.333. The summed E-state index contributed by atoms with van der Waals surface area (Å²) in [4.78, 5) is 33.0. The third kappa shape index (κ3) is 3.05. The average Bonchev–Trinajstić information content (AvgIpc) is 2.39. The Bertz CT molecular complexity index is 575. The maximum absolute atomic E-state index is 11.7. The smallest absolute Gasteiger partial charge is 0.319 e. The fourth-order valence-electron chi connectivity index (χ4n) is 1.70. The van der Waals surface area contributed by atoms with Crippen LogP contribution in [0.3, 0.4) is 0 Å². The molecule has 0 aliphatic carbocycles. The molecule has 8 heteroatoms. The first-order valence-electron chi connectivity index (χ1n) is 5.60. The van der Waals surface area contributed by atoms with Gasteiger partial charge in [0.1, 0.15) is 5.41 Å². The minimum absolute atomic E-state index is 0.0515. The lowest BCUT2D eigenvalue weighted by Crippen LogP contribution is -2.44. The predicted molar refractivity (Wildman–Crippen MR) is 71.6 cm³/mol. The number of nitrogens with one attached hydrogen (secondary N) is 1. The van der Waals surface area contributed by atoms with Crippen molar-refractivity contribution in [3.8, 4) is 0 Å². The van der Waals surface area contributed by atoms with E-state index < -0.39 is 22.2 Å². The second-order valence-electron chi connectivity index (χ2n) is 4.43. The number of hydrogen-bond acceptors (Lipinski definition) is 4. The van der Waals surface area contributed by atoms with Crippen LogP contribution in [-0.2, 0) is 16.0 Å². The van der Waals surface area contributed by atoms with E-state index in [0.29, 0.717) is 5.56 Å². The van der Waals surface area contributed by atoms with Crippen LogP contribution in [0.2, 0.25) is 5.02 Å². The third-order valence-electron chi connectivity index (χ3n) is 2.99. The highest BCUT2D eigenvalue weighted by atomic mass is 35.5. The number of rotatable bonds is 5. The van der Waals surface area contributed by atoms with E-state index in [1.54, 1.807) is 0 Å². The zero-order valence-corrected chi connectivity index (χ0v) is 11.6. The number of halogens is 1. The molecule has 0 aliphatic heterocycles. The first-order chi connectivity index (χ1) is 9.22. The summed E-state index contributed by atoms with van der Waals surface area (Å²) < 4.78 is 0. The number of aliphatic carboxylic acids is 1. The van der Waals surface area contributed by atoms with Gasteiger partial charge in [-0.3, -0.25) is 19.7 Å². The van der Waals surface area contributed by atoms with Crippen LogP contribution in [0.4, 0.5) is 5.69 Å². The van der Waals surface area contributed by atoms with Crippen LogP contribution >= 0.6 is 11.6 Å². The summed E-state index contributed by atoms with van der Waals surface area (Å²) in [7, 11) is 1.33. The SMILES string of the molecule is CNC(=O)C(C)(Cc1ccc([N+](=O)[O-])cc1Cl)C(=O)O. The van der Waals surface area contributed by atoms with Crippen molar-refractivity contribution < 1.29 is 19.6 Å². The van der Waals surface area contributed by atoms with E-state index in [0.717, 1.165) is 6.07 Å². The maximum atomic E-state index is 11.7. The van der Waals surface area contributed by atoms with Crippen molar-refractivity contribution in [1.29, 1.82) is 0 Å². The summed E-state index contributed by atoms with van der Waals surface area (Å²) in [5, 5.41) is 22.2. The van der Waals surface area contributed by atoms with Gasteiger partial charge in [0.2, 0.25) is 5.91 Å². The van der Waals surface area contributed by atoms with E-state index in [1.165, 1.54) is 26.1 Å². The Morgan fingerprint density at radius 3 is 2.50 bits per heavy atom. The van der Waals surface area contributed by atoms with E-state index in [4.69, 9.17) is 11.6 Å². The lowest BCUT2D eigenvalue weighted by atomic mass is 9.82. The number of benzene rings is 1. The number of nitrogens with zero attached hydrogens (tertiary/aromatic N) is 1. The highest BCUT2D eigenvalue weighted by Crippen LogP contribution is 2.30. The maximum Gasteiger partial charge on any atom is 0.319 e. The lowest BCUT2D eigenvalue weighted by molar-refractivity contribution is -0.384. The molecule has 0 bridgehead atoms. The Morgan fingerprint density at radius 2 is 2.10 bits per heavy atom. The van der Waals surface area contributed by atoms with Crippen LogP contribution in [0.15, 0.2) is 18.2 Å². The van der Waals surface area contributed by atoms with Crippen molar-refractivity contribution in [1.82, 2.24) is 5.32 Å². The number of carbonyl (C=O) groups is 2. The number of carboxylic acid groups (broad SMARTS) is 1.